The molecule has 86 valence electrons. The molecule has 16 heavy (non-hydrogen) atoms. The zero-order valence-corrected chi connectivity index (χ0v) is 9.87. The van der Waals surface area contributed by atoms with Gasteiger partial charge in [0.25, 0.3) is 0 Å². The summed E-state index contributed by atoms with van der Waals surface area (Å²) in [6.45, 7) is 8.01. The Morgan fingerprint density at radius 1 is 1.31 bits per heavy atom. The van der Waals surface area contributed by atoms with Crippen LogP contribution in [-0.4, -0.2) is 15.7 Å². The maximum Gasteiger partial charge on any atom is 0.322 e. The van der Waals surface area contributed by atoms with Crippen molar-refractivity contribution < 1.29 is 8.94 Å². The lowest BCUT2D eigenvalue weighted by molar-refractivity contribution is 0.418. The summed E-state index contributed by atoms with van der Waals surface area (Å²) < 4.78 is 10.4. The normalized spacial score (nSPS) is 11.8. The van der Waals surface area contributed by atoms with Gasteiger partial charge in [-0.2, -0.15) is 4.98 Å². The third-order valence-electron chi connectivity index (χ3n) is 1.97. The van der Waals surface area contributed by atoms with Gasteiger partial charge in [-0.15, -0.1) is 0 Å². The molecule has 1 N–H and O–H groups in total. The topological polar surface area (TPSA) is 64.1 Å². The molecular weight excluding hydrogens is 206 g/mol. The Kier molecular flexibility index (Phi) is 2.46. The van der Waals surface area contributed by atoms with E-state index >= 15 is 0 Å². The summed E-state index contributed by atoms with van der Waals surface area (Å²) in [6.07, 6.45) is 1.61. The van der Waals surface area contributed by atoms with Crippen LogP contribution in [0.1, 0.15) is 26.3 Å². The fourth-order valence-electron chi connectivity index (χ4n) is 1.29. The number of rotatable bonds is 2. The third-order valence-corrected chi connectivity index (χ3v) is 1.97. The second kappa shape index (κ2) is 3.66. The lowest BCUT2D eigenvalue weighted by Crippen LogP contribution is -2.26. The molecular formula is C11H15N3O2. The van der Waals surface area contributed by atoms with Gasteiger partial charge >= 0.3 is 6.01 Å². The minimum absolute atomic E-state index is 0.109. The first kappa shape index (κ1) is 10.7. The molecule has 2 rings (SSSR count). The minimum Gasteiger partial charge on any atom is -0.461 e. The first-order chi connectivity index (χ1) is 7.46. The molecule has 2 heterocycles. The molecule has 0 aromatic carbocycles. The smallest absolute Gasteiger partial charge is 0.322 e. The monoisotopic (exact) mass is 221 g/mol. The fraction of sp³-hybridized carbons (Fsp3) is 0.455. The van der Waals surface area contributed by atoms with Gasteiger partial charge in [-0.1, -0.05) is 5.16 Å². The van der Waals surface area contributed by atoms with Gasteiger partial charge in [0.1, 0.15) is 0 Å². The van der Waals surface area contributed by atoms with Gasteiger partial charge in [-0.3, -0.25) is 0 Å². The lowest BCUT2D eigenvalue weighted by Gasteiger charge is -2.17. The molecule has 0 unspecified atom stereocenters. The molecule has 5 nitrogen and oxygen atoms in total. The zero-order chi connectivity index (χ0) is 11.8. The number of hydrogen-bond acceptors (Lipinski definition) is 5. The Bertz CT molecular complexity index is 479. The van der Waals surface area contributed by atoms with Crippen LogP contribution in [-0.2, 0) is 0 Å². The summed E-state index contributed by atoms with van der Waals surface area (Å²) in [6, 6.07) is 2.26. The van der Waals surface area contributed by atoms with Crippen LogP contribution in [0.5, 0.6) is 0 Å². The highest BCUT2D eigenvalue weighted by Crippen LogP contribution is 2.23. The molecule has 0 bridgehead atoms. The van der Waals surface area contributed by atoms with Crippen LogP contribution in [0.2, 0.25) is 0 Å². The van der Waals surface area contributed by atoms with Crippen molar-refractivity contribution in [3.05, 3.63) is 17.9 Å². The number of aromatic nitrogens is 2. The van der Waals surface area contributed by atoms with Gasteiger partial charge in [0, 0.05) is 5.54 Å². The molecule has 2 aromatic rings. The van der Waals surface area contributed by atoms with Crippen LogP contribution in [0.15, 0.2) is 21.3 Å². The van der Waals surface area contributed by atoms with Crippen molar-refractivity contribution in [1.29, 1.82) is 0 Å². The van der Waals surface area contributed by atoms with Crippen LogP contribution < -0.4 is 5.32 Å². The summed E-state index contributed by atoms with van der Waals surface area (Å²) in [5, 5.41) is 6.96. The molecule has 0 spiro atoms. The van der Waals surface area contributed by atoms with Crippen LogP contribution >= 0.6 is 0 Å². The Labute approximate surface area is 93.8 Å². The van der Waals surface area contributed by atoms with Gasteiger partial charge < -0.3 is 14.3 Å². The fourth-order valence-corrected chi connectivity index (χ4v) is 1.29. The number of aryl methyl sites for hydroxylation is 1. The molecule has 0 aliphatic carbocycles. The third kappa shape index (κ3) is 2.24. The van der Waals surface area contributed by atoms with Crippen molar-refractivity contribution in [2.75, 3.05) is 5.32 Å². The summed E-state index contributed by atoms with van der Waals surface area (Å²) >= 11 is 0. The largest absolute Gasteiger partial charge is 0.461 e. The van der Waals surface area contributed by atoms with Crippen molar-refractivity contribution in [2.45, 2.75) is 33.2 Å². The van der Waals surface area contributed by atoms with Gasteiger partial charge in [0.15, 0.2) is 5.76 Å². The number of anilines is 1. The molecule has 0 fully saturated rings. The molecule has 0 saturated heterocycles. The second-order valence-corrected chi connectivity index (χ2v) is 4.73. The van der Waals surface area contributed by atoms with Crippen molar-refractivity contribution >= 4 is 6.01 Å². The summed E-state index contributed by atoms with van der Waals surface area (Å²) in [5.74, 6) is 1.11. The Morgan fingerprint density at radius 2 is 2.06 bits per heavy atom. The summed E-state index contributed by atoms with van der Waals surface area (Å²) in [7, 11) is 0. The van der Waals surface area contributed by atoms with E-state index in [2.05, 4.69) is 15.5 Å². The van der Waals surface area contributed by atoms with E-state index in [1.54, 1.807) is 6.26 Å². The first-order valence-corrected chi connectivity index (χ1v) is 5.12. The van der Waals surface area contributed by atoms with Crippen molar-refractivity contribution in [2.24, 2.45) is 0 Å². The molecule has 2 aromatic heterocycles. The standard InChI is InChI=1S/C11H15N3O2/c1-7-5-6-15-8(7)9-12-10(16-14-9)13-11(2,3)4/h5-6H,1-4H3,(H,12,13,14). The van der Waals surface area contributed by atoms with E-state index < -0.39 is 0 Å². The molecule has 0 radical (unpaired) electrons. The van der Waals surface area contributed by atoms with E-state index in [-0.39, 0.29) is 5.54 Å². The van der Waals surface area contributed by atoms with E-state index in [4.69, 9.17) is 8.94 Å². The molecule has 0 aliphatic heterocycles. The maximum absolute atomic E-state index is 5.28. The Balaban J connectivity index is 2.24. The van der Waals surface area contributed by atoms with E-state index in [0.29, 0.717) is 17.6 Å². The molecule has 0 atom stereocenters. The summed E-state index contributed by atoms with van der Waals surface area (Å²) in [5.41, 5.74) is 0.880. The Morgan fingerprint density at radius 3 is 2.62 bits per heavy atom. The molecule has 0 aliphatic rings. The van der Waals surface area contributed by atoms with Gasteiger partial charge in [0.05, 0.1) is 6.26 Å². The predicted molar refractivity (Wildman–Crippen MR) is 60.1 cm³/mol. The first-order valence-electron chi connectivity index (χ1n) is 5.12. The average molecular weight is 221 g/mol. The van der Waals surface area contributed by atoms with Crippen LogP contribution in [0.4, 0.5) is 6.01 Å². The van der Waals surface area contributed by atoms with E-state index in [9.17, 15) is 0 Å². The van der Waals surface area contributed by atoms with Crippen LogP contribution in [0.3, 0.4) is 0 Å². The minimum atomic E-state index is -0.109. The highest BCUT2D eigenvalue weighted by Gasteiger charge is 2.17. The number of nitrogens with zero attached hydrogens (tertiary/aromatic N) is 2. The zero-order valence-electron chi connectivity index (χ0n) is 9.87. The Hall–Kier alpha value is -1.78. The number of nitrogens with one attached hydrogen (secondary N) is 1. The molecule has 0 amide bonds. The van der Waals surface area contributed by atoms with Crippen molar-refractivity contribution in [3.8, 4) is 11.6 Å². The number of hydrogen-bond donors (Lipinski definition) is 1. The quantitative estimate of drug-likeness (QED) is 0.844. The van der Waals surface area contributed by atoms with Gasteiger partial charge in [-0.05, 0) is 39.3 Å². The molecule has 0 saturated carbocycles. The van der Waals surface area contributed by atoms with Gasteiger partial charge in [0.2, 0.25) is 5.82 Å². The second-order valence-electron chi connectivity index (χ2n) is 4.73. The van der Waals surface area contributed by atoms with Gasteiger partial charge in [-0.25, -0.2) is 0 Å². The molecule has 5 heteroatoms. The number of furan rings is 1. The van der Waals surface area contributed by atoms with Crippen LogP contribution in [0.25, 0.3) is 11.6 Å². The average Bonchev–Trinajstić information content (AvgIpc) is 2.71. The predicted octanol–water partition coefficient (Wildman–Crippen LogP) is 2.85. The summed E-state index contributed by atoms with van der Waals surface area (Å²) in [4.78, 5) is 4.22. The van der Waals surface area contributed by atoms with E-state index in [0.717, 1.165) is 5.56 Å². The van der Waals surface area contributed by atoms with Crippen molar-refractivity contribution in [1.82, 2.24) is 10.1 Å². The SMILES string of the molecule is Cc1ccoc1-c1noc(NC(C)(C)C)n1. The highest BCUT2D eigenvalue weighted by molar-refractivity contribution is 5.52. The van der Waals surface area contributed by atoms with Crippen LogP contribution in [0, 0.1) is 6.92 Å². The maximum atomic E-state index is 5.28. The highest BCUT2D eigenvalue weighted by atomic mass is 16.5. The van der Waals surface area contributed by atoms with Crippen molar-refractivity contribution in [3.63, 3.8) is 0 Å². The van der Waals surface area contributed by atoms with E-state index in [1.807, 2.05) is 33.8 Å². The van der Waals surface area contributed by atoms with E-state index in [1.165, 1.54) is 0 Å². The lowest BCUT2D eigenvalue weighted by atomic mass is 10.1.